The second-order valence-electron chi connectivity index (χ2n) is 21.6. The molecule has 0 unspecified atom stereocenters. The molecule has 3 heterocycles. The van der Waals surface area contributed by atoms with E-state index in [1.807, 2.05) is 38.1 Å². The van der Waals surface area contributed by atoms with Crippen molar-refractivity contribution in [2.24, 2.45) is 20.5 Å². The maximum absolute atomic E-state index is 12.1. The summed E-state index contributed by atoms with van der Waals surface area (Å²) in [4.78, 5) is 60.3. The molecule has 0 saturated carbocycles. The molecule has 99 heavy (non-hydrogen) atoms. The van der Waals surface area contributed by atoms with Gasteiger partial charge < -0.3 is 72.2 Å². The summed E-state index contributed by atoms with van der Waals surface area (Å²) in [7, 11) is 0. The van der Waals surface area contributed by atoms with Crippen molar-refractivity contribution in [1.29, 1.82) is 5.26 Å². The van der Waals surface area contributed by atoms with Crippen molar-refractivity contribution in [2.75, 3.05) is 142 Å². The van der Waals surface area contributed by atoms with Crippen molar-refractivity contribution >= 4 is 95.7 Å². The number of carboxylic acids is 1. The zero-order valence-electron chi connectivity index (χ0n) is 57.2. The van der Waals surface area contributed by atoms with E-state index < -0.39 is 23.9 Å². The Morgan fingerprint density at radius 3 is 1.34 bits per heavy atom. The summed E-state index contributed by atoms with van der Waals surface area (Å²) in [6.45, 7) is 46.3. The van der Waals surface area contributed by atoms with E-state index in [4.69, 9.17) is 67.5 Å². The molecule has 2 aromatic heterocycles. The van der Waals surface area contributed by atoms with Crippen LogP contribution in [0, 0.1) is 58.7 Å². The first kappa shape index (κ1) is 83.2. The van der Waals surface area contributed by atoms with Crippen molar-refractivity contribution < 1.29 is 106 Å². The van der Waals surface area contributed by atoms with E-state index in [-0.39, 0.29) is 72.6 Å². The SMILES string of the molecule is O=C1OC(=O)c2ccccc21.[C-]#[N+]c1c(N=Nc2ccc(N(CCOCCOCCOCCOCCOC(=O)c3ccccc3C(=O)[O-])C(C)C)cc2C)sc(C#N)c1C.[C-]#[N+]c1sc(N=Nc2ccc(N(CCOCCOCCOCCOCCO)C(C)C)cc2C)c([N+]#[C-])c1C.[Na+]. The number of aryl methyl sites for hydroxylation is 2. The van der Waals surface area contributed by atoms with Crippen LogP contribution in [0.25, 0.3) is 14.5 Å². The van der Waals surface area contributed by atoms with E-state index in [0.717, 1.165) is 34.7 Å². The number of fused-ring (bicyclic) bond motifs is 1. The fourth-order valence-electron chi connectivity index (χ4n) is 9.07. The molecule has 1 aliphatic rings. The molecule has 0 saturated heterocycles. The quantitative estimate of drug-likeness (QED) is 0.00937. The maximum Gasteiger partial charge on any atom is 1.00 e. The standard InChI is InChI=1S/C35H41N5O8S.C27H37N5O5S.C8H4O3.Na/c1-24(2)40(27-10-11-30(25(3)22-27)38-39-33-32(37-5)26(4)31(23-36)49-33)12-13-44-14-15-45-16-17-46-18-19-47-20-21-48-35(43)29-9-7-6-8-28(29)34(41)42;1-20(2)32(9-11-34-13-15-36-17-18-37-16-14-35-12-10-33)23-7-8-24(21(3)19-23)30-31-27-25(28-5)22(4)26(29-6)38-27;9-7-5-3-1-2-4-6(5)8(10)11-7;/h6-11,22,24H,12-21H2,1-4H3,(H,41,42);7-8,19-20,33H,9-18H2,1-4H3;1-4H;/q;;;+1/p-1. The number of carboxylic acid groups (broad SMARTS) is 1. The molecule has 29 heteroatoms. The predicted octanol–water partition coefficient (Wildman–Crippen LogP) is 9.86. The van der Waals surface area contributed by atoms with Gasteiger partial charge in [0.1, 0.15) is 22.7 Å². The molecule has 520 valence electrons. The average Bonchev–Trinajstić information content (AvgIpc) is 1.83. The van der Waals surface area contributed by atoms with Gasteiger partial charge in [-0.05, 0) is 125 Å². The molecule has 1 aliphatic heterocycles. The number of anilines is 2. The molecular formula is C70H81N10NaO16S2. The van der Waals surface area contributed by atoms with Crippen LogP contribution in [-0.2, 0) is 47.4 Å². The minimum absolute atomic E-state index is 0. The van der Waals surface area contributed by atoms with Crippen molar-refractivity contribution in [3.05, 3.63) is 169 Å². The zero-order valence-corrected chi connectivity index (χ0v) is 60.9. The van der Waals surface area contributed by atoms with Crippen LogP contribution < -0.4 is 44.5 Å². The Bertz CT molecular complexity index is 3780. The number of cyclic esters (lactones) is 2. The van der Waals surface area contributed by atoms with Gasteiger partial charge in [-0.2, -0.15) is 25.7 Å². The summed E-state index contributed by atoms with van der Waals surface area (Å²) < 4.78 is 53.4. The Hall–Kier alpha value is -8.24. The molecular weight excluding hydrogens is 1320 g/mol. The minimum Gasteiger partial charge on any atom is -0.545 e. The maximum atomic E-state index is 12.1. The smallest absolute Gasteiger partial charge is 0.545 e. The first-order chi connectivity index (χ1) is 47.4. The van der Waals surface area contributed by atoms with Crippen molar-refractivity contribution in [1.82, 2.24) is 0 Å². The predicted molar refractivity (Wildman–Crippen MR) is 368 cm³/mol. The number of carbonyl (C=O) groups excluding carboxylic acids is 4. The number of azo groups is 2. The molecule has 0 atom stereocenters. The van der Waals surface area contributed by atoms with E-state index in [9.17, 15) is 29.5 Å². The van der Waals surface area contributed by atoms with Crippen LogP contribution in [-0.4, -0.2) is 173 Å². The Morgan fingerprint density at radius 2 is 0.949 bits per heavy atom. The molecule has 6 aromatic rings. The number of hydrogen-bond acceptors (Lipinski definition) is 25. The number of nitriles is 1. The van der Waals surface area contributed by atoms with Crippen LogP contribution in [0.2, 0.25) is 0 Å². The van der Waals surface area contributed by atoms with E-state index >= 15 is 0 Å². The van der Waals surface area contributed by atoms with Crippen LogP contribution in [0.1, 0.15) is 96.3 Å². The second-order valence-corrected chi connectivity index (χ2v) is 23.5. The van der Waals surface area contributed by atoms with E-state index in [1.54, 1.807) is 44.2 Å². The first-order valence-electron chi connectivity index (χ1n) is 31.3. The topological polar surface area (TPSA) is 297 Å². The third kappa shape index (κ3) is 27.4. The number of thiophene rings is 2. The van der Waals surface area contributed by atoms with Gasteiger partial charge in [-0.15, -0.1) is 22.7 Å². The normalized spacial score (nSPS) is 11.4. The summed E-state index contributed by atoms with van der Waals surface area (Å²) >= 11 is 2.36. The van der Waals surface area contributed by atoms with Crippen molar-refractivity contribution in [3.63, 3.8) is 0 Å². The molecule has 0 bridgehead atoms. The van der Waals surface area contributed by atoms with Crippen molar-refractivity contribution in [2.45, 2.75) is 67.5 Å². The van der Waals surface area contributed by atoms with Gasteiger partial charge >= 0.3 is 47.5 Å². The van der Waals surface area contributed by atoms with Gasteiger partial charge in [0.05, 0.1) is 171 Å². The molecule has 0 amide bonds. The Labute approximate surface area is 607 Å². The van der Waals surface area contributed by atoms with E-state index in [0.29, 0.717) is 165 Å². The Morgan fingerprint density at radius 1 is 0.556 bits per heavy atom. The average molecular weight is 1410 g/mol. The number of aliphatic hydroxyl groups is 1. The number of benzene rings is 4. The minimum atomic E-state index is -1.44. The third-order valence-electron chi connectivity index (χ3n) is 14.2. The number of hydrogen-bond donors (Lipinski definition) is 1. The number of aromatic carboxylic acids is 1. The van der Waals surface area contributed by atoms with Gasteiger partial charge in [0, 0.05) is 42.1 Å². The second kappa shape index (κ2) is 46.2. The number of carbonyl (C=O) groups is 4. The number of esters is 3. The summed E-state index contributed by atoms with van der Waals surface area (Å²) in [5.41, 5.74) is 7.92. The molecule has 0 radical (unpaired) electrons. The van der Waals surface area contributed by atoms with E-state index in [2.05, 4.69) is 95.4 Å². The number of aliphatic hydroxyl groups excluding tert-OH is 1. The zero-order chi connectivity index (χ0) is 71.2. The van der Waals surface area contributed by atoms with Gasteiger partial charge in [-0.3, -0.25) is 0 Å². The fraction of sp³-hybridized carbons (Fsp3) is 0.429. The monoisotopic (exact) mass is 1400 g/mol. The Balaban J connectivity index is 0.000000366. The van der Waals surface area contributed by atoms with Crippen LogP contribution in [0.4, 0.5) is 49.1 Å². The largest absolute Gasteiger partial charge is 1.00 e. The molecule has 7 rings (SSSR count). The molecule has 4 aromatic carbocycles. The fourth-order valence-corrected chi connectivity index (χ4v) is 10.8. The van der Waals surface area contributed by atoms with E-state index in [1.165, 1.54) is 40.9 Å². The van der Waals surface area contributed by atoms with Gasteiger partial charge in [0.2, 0.25) is 16.4 Å². The summed E-state index contributed by atoms with van der Waals surface area (Å²) in [5.74, 6) is -3.29. The summed E-state index contributed by atoms with van der Waals surface area (Å²) in [5, 5.41) is 47.7. The van der Waals surface area contributed by atoms with Crippen LogP contribution >= 0.6 is 22.7 Å². The number of ether oxygens (including phenoxy) is 10. The molecule has 0 fully saturated rings. The summed E-state index contributed by atoms with van der Waals surface area (Å²) in [6, 6.07) is 26.8. The van der Waals surface area contributed by atoms with Gasteiger partial charge in [0.15, 0.2) is 0 Å². The van der Waals surface area contributed by atoms with Gasteiger partial charge in [0.25, 0.3) is 0 Å². The van der Waals surface area contributed by atoms with Crippen LogP contribution in [0.15, 0.2) is 105 Å². The first-order valence-corrected chi connectivity index (χ1v) is 33.0. The number of rotatable bonds is 39. The summed E-state index contributed by atoms with van der Waals surface area (Å²) in [6.07, 6.45) is 0. The molecule has 1 N–H and O–H groups in total. The molecule has 0 spiro atoms. The van der Waals surface area contributed by atoms with Crippen LogP contribution in [0.5, 0.6) is 0 Å². The van der Waals surface area contributed by atoms with Crippen LogP contribution in [0.3, 0.4) is 0 Å². The molecule has 26 nitrogen and oxygen atoms in total. The third-order valence-corrected chi connectivity index (χ3v) is 16.3. The number of nitrogens with zero attached hydrogens (tertiary/aromatic N) is 10. The van der Waals surface area contributed by atoms with Gasteiger partial charge in [-0.25, -0.2) is 28.9 Å². The Kier molecular flexibility index (Phi) is 38.8. The molecule has 0 aliphatic carbocycles. The van der Waals surface area contributed by atoms with Gasteiger partial charge in [-0.1, -0.05) is 37.3 Å². The van der Waals surface area contributed by atoms with Crippen molar-refractivity contribution in [3.8, 4) is 6.07 Å².